The zero-order chi connectivity index (χ0) is 16.5. The molecule has 0 aliphatic rings. The van der Waals surface area contributed by atoms with Crippen molar-refractivity contribution in [2.45, 2.75) is 71.4 Å². The van der Waals surface area contributed by atoms with Crippen LogP contribution in [0.25, 0.3) is 0 Å². The molecule has 3 N–H and O–H groups in total. The monoisotopic (exact) mass is 310 g/mol. The SMILES string of the molecule is CCCC(CCC(C)OC(=O)NC(C)C)c1cc(NC)n[nH]1. The van der Waals surface area contributed by atoms with Gasteiger partial charge in [0.15, 0.2) is 0 Å². The Morgan fingerprint density at radius 3 is 2.59 bits per heavy atom. The van der Waals surface area contributed by atoms with Gasteiger partial charge in [0.25, 0.3) is 0 Å². The van der Waals surface area contributed by atoms with Gasteiger partial charge in [-0.25, -0.2) is 4.79 Å². The van der Waals surface area contributed by atoms with E-state index in [9.17, 15) is 4.79 Å². The molecule has 0 spiro atoms. The van der Waals surface area contributed by atoms with Crippen molar-refractivity contribution < 1.29 is 9.53 Å². The molecule has 1 amide bonds. The molecule has 1 heterocycles. The average Bonchev–Trinajstić information content (AvgIpc) is 2.91. The van der Waals surface area contributed by atoms with Gasteiger partial charge < -0.3 is 15.4 Å². The van der Waals surface area contributed by atoms with E-state index in [4.69, 9.17) is 4.74 Å². The zero-order valence-electron chi connectivity index (χ0n) is 14.4. The normalized spacial score (nSPS) is 13.7. The number of anilines is 1. The van der Waals surface area contributed by atoms with Gasteiger partial charge in [-0.05, 0) is 40.0 Å². The summed E-state index contributed by atoms with van der Waals surface area (Å²) in [5.74, 6) is 1.27. The summed E-state index contributed by atoms with van der Waals surface area (Å²) in [5.41, 5.74) is 1.14. The summed E-state index contributed by atoms with van der Waals surface area (Å²) in [4.78, 5) is 11.6. The minimum Gasteiger partial charge on any atom is -0.447 e. The van der Waals surface area contributed by atoms with Crippen molar-refractivity contribution in [1.29, 1.82) is 0 Å². The van der Waals surface area contributed by atoms with Crippen LogP contribution in [0, 0.1) is 0 Å². The lowest BCUT2D eigenvalue weighted by Gasteiger charge is -2.19. The van der Waals surface area contributed by atoms with E-state index < -0.39 is 0 Å². The lowest BCUT2D eigenvalue weighted by Crippen LogP contribution is -2.33. The maximum Gasteiger partial charge on any atom is 0.407 e. The summed E-state index contributed by atoms with van der Waals surface area (Å²) < 4.78 is 5.36. The molecule has 2 unspecified atom stereocenters. The minimum absolute atomic E-state index is 0.0928. The van der Waals surface area contributed by atoms with Crippen LogP contribution >= 0.6 is 0 Å². The molecule has 1 aromatic rings. The van der Waals surface area contributed by atoms with Crippen LogP contribution in [0.4, 0.5) is 10.6 Å². The van der Waals surface area contributed by atoms with E-state index in [1.54, 1.807) is 0 Å². The molecule has 22 heavy (non-hydrogen) atoms. The fraction of sp³-hybridized carbons (Fsp3) is 0.750. The number of aromatic amines is 1. The van der Waals surface area contributed by atoms with Gasteiger partial charge in [-0.3, -0.25) is 5.10 Å². The number of alkyl carbamates (subject to hydrolysis) is 1. The van der Waals surface area contributed by atoms with E-state index in [1.807, 2.05) is 27.8 Å². The highest BCUT2D eigenvalue weighted by molar-refractivity contribution is 5.67. The molecular weight excluding hydrogens is 280 g/mol. The van der Waals surface area contributed by atoms with E-state index >= 15 is 0 Å². The molecule has 6 nitrogen and oxygen atoms in total. The number of carbonyl (C=O) groups excluding carboxylic acids is 1. The van der Waals surface area contributed by atoms with E-state index in [-0.39, 0.29) is 18.2 Å². The fourth-order valence-electron chi connectivity index (χ4n) is 2.42. The predicted molar refractivity (Wildman–Crippen MR) is 89.2 cm³/mol. The van der Waals surface area contributed by atoms with Crippen LogP contribution in [0.5, 0.6) is 0 Å². The topological polar surface area (TPSA) is 79.0 Å². The quantitative estimate of drug-likeness (QED) is 0.650. The second-order valence-corrected chi connectivity index (χ2v) is 6.04. The van der Waals surface area contributed by atoms with Crippen LogP contribution in [0.1, 0.15) is 65.0 Å². The Kier molecular flexibility index (Phi) is 7.77. The Balaban J connectivity index is 2.48. The van der Waals surface area contributed by atoms with Gasteiger partial charge >= 0.3 is 6.09 Å². The van der Waals surface area contributed by atoms with Gasteiger partial charge in [-0.2, -0.15) is 5.10 Å². The fourth-order valence-corrected chi connectivity index (χ4v) is 2.42. The second kappa shape index (κ2) is 9.33. The Hall–Kier alpha value is -1.72. The summed E-state index contributed by atoms with van der Waals surface area (Å²) >= 11 is 0. The summed E-state index contributed by atoms with van der Waals surface area (Å²) in [7, 11) is 1.86. The van der Waals surface area contributed by atoms with Crippen molar-refractivity contribution in [2.24, 2.45) is 0 Å². The highest BCUT2D eigenvalue weighted by Gasteiger charge is 2.17. The van der Waals surface area contributed by atoms with Crippen LogP contribution in [0.15, 0.2) is 6.07 Å². The first-order valence-electron chi connectivity index (χ1n) is 8.16. The number of carbonyl (C=O) groups is 1. The molecule has 2 atom stereocenters. The lowest BCUT2D eigenvalue weighted by atomic mass is 9.93. The Morgan fingerprint density at radius 1 is 1.32 bits per heavy atom. The summed E-state index contributed by atoms with van der Waals surface area (Å²) in [6.07, 6.45) is 3.58. The molecule has 126 valence electrons. The molecule has 0 saturated carbocycles. The molecule has 0 aromatic carbocycles. The maximum absolute atomic E-state index is 11.6. The predicted octanol–water partition coefficient (Wildman–Crippen LogP) is 3.64. The molecule has 0 radical (unpaired) electrons. The molecule has 1 rings (SSSR count). The van der Waals surface area contributed by atoms with E-state index in [0.717, 1.165) is 37.2 Å². The summed E-state index contributed by atoms with van der Waals surface area (Å²) in [6, 6.07) is 2.15. The number of H-pyrrole nitrogens is 1. The number of hydrogen-bond acceptors (Lipinski definition) is 4. The lowest BCUT2D eigenvalue weighted by molar-refractivity contribution is 0.0976. The van der Waals surface area contributed by atoms with Crippen LogP contribution < -0.4 is 10.6 Å². The van der Waals surface area contributed by atoms with Crippen LogP contribution in [-0.4, -0.2) is 35.5 Å². The molecule has 0 bridgehead atoms. The van der Waals surface area contributed by atoms with Gasteiger partial charge in [0.2, 0.25) is 0 Å². The largest absolute Gasteiger partial charge is 0.447 e. The molecular formula is C16H30N4O2. The first kappa shape index (κ1) is 18.3. The standard InChI is InChI=1S/C16H30N4O2/c1-6-7-13(14-10-15(17-5)20-19-14)9-8-12(4)22-16(21)18-11(2)3/h10-13H,6-9H2,1-5H3,(H,18,21)(H2,17,19,20). The van der Waals surface area contributed by atoms with Crippen molar-refractivity contribution in [3.8, 4) is 0 Å². The molecule has 0 aliphatic heterocycles. The minimum atomic E-state index is -0.339. The maximum atomic E-state index is 11.6. The number of ether oxygens (including phenoxy) is 1. The van der Waals surface area contributed by atoms with Crippen LogP contribution in [-0.2, 0) is 4.74 Å². The van der Waals surface area contributed by atoms with Gasteiger partial charge in [0.1, 0.15) is 11.9 Å². The first-order chi connectivity index (χ1) is 10.5. The van der Waals surface area contributed by atoms with Crippen molar-refractivity contribution in [3.05, 3.63) is 11.8 Å². The number of aromatic nitrogens is 2. The summed E-state index contributed by atoms with van der Waals surface area (Å²) in [5, 5.41) is 13.1. The average molecular weight is 310 g/mol. The van der Waals surface area contributed by atoms with E-state index in [1.165, 1.54) is 0 Å². The van der Waals surface area contributed by atoms with Gasteiger partial charge in [-0.15, -0.1) is 0 Å². The number of rotatable bonds is 9. The van der Waals surface area contributed by atoms with Crippen molar-refractivity contribution >= 4 is 11.9 Å². The Labute approximate surface area is 133 Å². The van der Waals surface area contributed by atoms with Crippen molar-refractivity contribution in [2.75, 3.05) is 12.4 Å². The number of nitrogens with one attached hydrogen (secondary N) is 3. The Morgan fingerprint density at radius 2 is 2.05 bits per heavy atom. The molecule has 0 fully saturated rings. The smallest absolute Gasteiger partial charge is 0.407 e. The first-order valence-corrected chi connectivity index (χ1v) is 8.16. The number of amides is 1. The van der Waals surface area contributed by atoms with Gasteiger partial charge in [0.05, 0.1) is 0 Å². The van der Waals surface area contributed by atoms with E-state index in [0.29, 0.717) is 5.92 Å². The van der Waals surface area contributed by atoms with Gasteiger partial charge in [-0.1, -0.05) is 13.3 Å². The Bertz CT molecular complexity index is 445. The third-order valence-corrected chi connectivity index (χ3v) is 3.57. The van der Waals surface area contributed by atoms with Crippen LogP contribution in [0.3, 0.4) is 0 Å². The third kappa shape index (κ3) is 6.37. The molecule has 6 heteroatoms. The number of hydrogen-bond donors (Lipinski definition) is 3. The third-order valence-electron chi connectivity index (χ3n) is 3.57. The summed E-state index contributed by atoms with van der Waals surface area (Å²) in [6.45, 7) is 7.95. The van der Waals surface area contributed by atoms with Crippen LogP contribution in [0.2, 0.25) is 0 Å². The molecule has 0 saturated heterocycles. The highest BCUT2D eigenvalue weighted by atomic mass is 16.6. The number of nitrogens with zero attached hydrogens (tertiary/aromatic N) is 1. The molecule has 0 aliphatic carbocycles. The second-order valence-electron chi connectivity index (χ2n) is 6.04. The van der Waals surface area contributed by atoms with Gasteiger partial charge in [0, 0.05) is 30.8 Å². The molecule has 1 aromatic heterocycles. The van der Waals surface area contributed by atoms with Crippen molar-refractivity contribution in [1.82, 2.24) is 15.5 Å². The van der Waals surface area contributed by atoms with Crippen molar-refractivity contribution in [3.63, 3.8) is 0 Å². The van der Waals surface area contributed by atoms with E-state index in [2.05, 4.69) is 33.8 Å². The highest BCUT2D eigenvalue weighted by Crippen LogP contribution is 2.27. The zero-order valence-corrected chi connectivity index (χ0v) is 14.4.